The molecule has 1 aromatic carbocycles. The summed E-state index contributed by atoms with van der Waals surface area (Å²) in [5, 5.41) is 1.01. The van der Waals surface area contributed by atoms with Gasteiger partial charge >= 0.3 is 0 Å². The van der Waals surface area contributed by atoms with Gasteiger partial charge in [-0.05, 0) is 39.2 Å². The Labute approximate surface area is 114 Å². The van der Waals surface area contributed by atoms with Crippen LogP contribution < -0.4 is 5.73 Å². The number of thioether (sulfide) groups is 1. The minimum Gasteiger partial charge on any atom is -0.326 e. The quantitative estimate of drug-likeness (QED) is 0.877. The summed E-state index contributed by atoms with van der Waals surface area (Å²) in [6.07, 6.45) is 1.81. The van der Waals surface area contributed by atoms with Crippen molar-refractivity contribution in [2.24, 2.45) is 5.73 Å². The van der Waals surface area contributed by atoms with E-state index in [-0.39, 0.29) is 0 Å². The second-order valence-corrected chi connectivity index (χ2v) is 5.37. The van der Waals surface area contributed by atoms with Crippen LogP contribution in [-0.2, 0) is 12.3 Å². The predicted molar refractivity (Wildman–Crippen MR) is 75.8 cm³/mol. The van der Waals surface area contributed by atoms with Gasteiger partial charge in [0.05, 0.1) is 0 Å². The molecule has 2 rings (SSSR count). The van der Waals surface area contributed by atoms with Crippen molar-refractivity contribution in [1.29, 1.82) is 0 Å². The lowest BCUT2D eigenvalue weighted by atomic mass is 10.1. The lowest BCUT2D eigenvalue weighted by Gasteiger charge is -2.07. The van der Waals surface area contributed by atoms with Crippen LogP contribution in [0.15, 0.2) is 52.1 Å². The van der Waals surface area contributed by atoms with Crippen LogP contribution in [0.25, 0.3) is 0 Å². The van der Waals surface area contributed by atoms with Gasteiger partial charge in [-0.25, -0.2) is 4.98 Å². The highest BCUT2D eigenvalue weighted by Gasteiger charge is 2.04. The van der Waals surface area contributed by atoms with Gasteiger partial charge in [0.15, 0.2) is 0 Å². The molecule has 0 fully saturated rings. The van der Waals surface area contributed by atoms with Crippen LogP contribution in [0.5, 0.6) is 0 Å². The summed E-state index contributed by atoms with van der Waals surface area (Å²) >= 11 is 5.21. The number of aromatic nitrogens is 1. The van der Waals surface area contributed by atoms with E-state index in [1.54, 1.807) is 11.8 Å². The molecule has 0 aliphatic heterocycles. The highest BCUT2D eigenvalue weighted by Crippen LogP contribution is 2.28. The third kappa shape index (κ3) is 3.31. The van der Waals surface area contributed by atoms with E-state index < -0.39 is 0 Å². The molecular weight excluding hydrogens is 296 g/mol. The van der Waals surface area contributed by atoms with E-state index in [1.807, 2.05) is 30.5 Å². The fourth-order valence-electron chi connectivity index (χ4n) is 1.52. The van der Waals surface area contributed by atoms with Gasteiger partial charge in [0.2, 0.25) is 0 Å². The Balaban J connectivity index is 2.10. The predicted octanol–water partition coefficient (Wildman–Crippen LogP) is 3.60. The Morgan fingerprint density at radius 2 is 1.88 bits per heavy atom. The lowest BCUT2D eigenvalue weighted by molar-refractivity contribution is 1.04. The van der Waals surface area contributed by atoms with Crippen molar-refractivity contribution in [3.63, 3.8) is 0 Å². The molecule has 0 unspecified atom stereocenters. The van der Waals surface area contributed by atoms with Crippen molar-refractivity contribution < 1.29 is 0 Å². The van der Waals surface area contributed by atoms with E-state index in [0.717, 1.165) is 15.3 Å². The molecule has 0 aliphatic carbocycles. The van der Waals surface area contributed by atoms with E-state index in [1.165, 1.54) is 11.1 Å². The van der Waals surface area contributed by atoms with Crippen molar-refractivity contribution >= 4 is 27.7 Å². The van der Waals surface area contributed by atoms with Crippen LogP contribution in [0, 0.1) is 0 Å². The number of halogens is 1. The molecule has 88 valence electrons. The minimum atomic E-state index is 0.583. The molecule has 0 aliphatic rings. The number of rotatable bonds is 4. The summed E-state index contributed by atoms with van der Waals surface area (Å²) in [7, 11) is 0. The number of hydrogen-bond acceptors (Lipinski definition) is 3. The van der Waals surface area contributed by atoms with E-state index in [2.05, 4.69) is 33.0 Å². The Morgan fingerprint density at radius 1 is 1.12 bits per heavy atom. The van der Waals surface area contributed by atoms with Crippen LogP contribution in [0.1, 0.15) is 11.1 Å². The third-order valence-electron chi connectivity index (χ3n) is 2.43. The zero-order valence-corrected chi connectivity index (χ0v) is 11.7. The molecule has 1 heterocycles. The van der Waals surface area contributed by atoms with Gasteiger partial charge in [0, 0.05) is 23.0 Å². The second-order valence-electron chi connectivity index (χ2n) is 3.55. The smallest absolute Gasteiger partial charge is 0.110 e. The van der Waals surface area contributed by atoms with Crippen LogP contribution in [0.2, 0.25) is 0 Å². The topological polar surface area (TPSA) is 38.9 Å². The summed E-state index contributed by atoms with van der Waals surface area (Å²) in [4.78, 5) is 4.33. The highest BCUT2D eigenvalue weighted by molar-refractivity contribution is 9.10. The van der Waals surface area contributed by atoms with E-state index in [0.29, 0.717) is 6.54 Å². The molecule has 2 aromatic rings. The molecule has 0 bridgehead atoms. The first-order chi connectivity index (χ1) is 8.31. The fraction of sp³-hybridized carbons (Fsp3) is 0.154. The average Bonchev–Trinajstić information content (AvgIpc) is 2.38. The monoisotopic (exact) mass is 308 g/mol. The SMILES string of the molecule is NCc1ccccc1CSc1ncccc1Br. The second kappa shape index (κ2) is 6.19. The summed E-state index contributed by atoms with van der Waals surface area (Å²) in [5.74, 6) is 0.892. The van der Waals surface area contributed by atoms with Gasteiger partial charge in [0.1, 0.15) is 5.03 Å². The van der Waals surface area contributed by atoms with Crippen LogP contribution >= 0.6 is 27.7 Å². The maximum Gasteiger partial charge on any atom is 0.110 e. The van der Waals surface area contributed by atoms with E-state index >= 15 is 0 Å². The molecule has 0 amide bonds. The molecule has 0 saturated heterocycles. The normalized spacial score (nSPS) is 10.5. The number of nitrogens with zero attached hydrogens (tertiary/aromatic N) is 1. The lowest BCUT2D eigenvalue weighted by Crippen LogP contribution is -2.00. The summed E-state index contributed by atoms with van der Waals surface area (Å²) in [5.41, 5.74) is 8.19. The molecule has 2 N–H and O–H groups in total. The van der Waals surface area contributed by atoms with Crippen molar-refractivity contribution in [2.75, 3.05) is 0 Å². The van der Waals surface area contributed by atoms with Gasteiger partial charge in [-0.2, -0.15) is 0 Å². The molecular formula is C13H13BrN2S. The van der Waals surface area contributed by atoms with E-state index in [4.69, 9.17) is 5.73 Å². The van der Waals surface area contributed by atoms with Crippen molar-refractivity contribution in [3.8, 4) is 0 Å². The summed E-state index contributed by atoms with van der Waals surface area (Å²) < 4.78 is 1.04. The number of hydrogen-bond donors (Lipinski definition) is 1. The van der Waals surface area contributed by atoms with E-state index in [9.17, 15) is 0 Å². The number of benzene rings is 1. The standard InChI is InChI=1S/C13H13BrN2S/c14-12-6-3-7-16-13(12)17-9-11-5-2-1-4-10(11)8-15/h1-7H,8-9,15H2. The van der Waals surface area contributed by atoms with Crippen molar-refractivity contribution in [2.45, 2.75) is 17.3 Å². The molecule has 1 aromatic heterocycles. The first-order valence-corrected chi connectivity index (χ1v) is 7.09. The largest absolute Gasteiger partial charge is 0.326 e. The summed E-state index contributed by atoms with van der Waals surface area (Å²) in [6, 6.07) is 12.2. The van der Waals surface area contributed by atoms with Crippen molar-refractivity contribution in [1.82, 2.24) is 4.98 Å². The maximum atomic E-state index is 5.72. The Morgan fingerprint density at radius 3 is 2.59 bits per heavy atom. The van der Waals surface area contributed by atoms with Crippen LogP contribution in [-0.4, -0.2) is 4.98 Å². The van der Waals surface area contributed by atoms with Gasteiger partial charge in [-0.15, -0.1) is 11.8 Å². The Hall–Kier alpha value is -0.840. The molecule has 2 nitrogen and oxygen atoms in total. The maximum absolute atomic E-state index is 5.72. The van der Waals surface area contributed by atoms with Crippen molar-refractivity contribution in [3.05, 3.63) is 58.2 Å². The van der Waals surface area contributed by atoms with Gasteiger partial charge in [-0.3, -0.25) is 0 Å². The van der Waals surface area contributed by atoms with Crippen LogP contribution in [0.3, 0.4) is 0 Å². The first-order valence-electron chi connectivity index (χ1n) is 5.31. The molecule has 0 atom stereocenters. The molecule has 17 heavy (non-hydrogen) atoms. The zero-order valence-electron chi connectivity index (χ0n) is 9.27. The average molecular weight is 309 g/mol. The number of pyridine rings is 1. The van der Waals surface area contributed by atoms with Crippen LogP contribution in [0.4, 0.5) is 0 Å². The zero-order chi connectivity index (χ0) is 12.1. The van der Waals surface area contributed by atoms with Gasteiger partial charge < -0.3 is 5.73 Å². The molecule has 0 saturated carbocycles. The minimum absolute atomic E-state index is 0.583. The third-order valence-corrected chi connectivity index (χ3v) is 4.38. The molecule has 4 heteroatoms. The fourth-order valence-corrected chi connectivity index (χ4v) is 3.03. The first kappa shape index (κ1) is 12.6. The Kier molecular flexibility index (Phi) is 4.59. The molecule has 0 spiro atoms. The van der Waals surface area contributed by atoms with Gasteiger partial charge in [-0.1, -0.05) is 24.3 Å². The number of nitrogens with two attached hydrogens (primary N) is 1. The Bertz CT molecular complexity index is 502. The summed E-state index contributed by atoms with van der Waals surface area (Å²) in [6.45, 7) is 0.583. The van der Waals surface area contributed by atoms with Gasteiger partial charge in [0.25, 0.3) is 0 Å². The molecule has 0 radical (unpaired) electrons. The highest BCUT2D eigenvalue weighted by atomic mass is 79.9.